The van der Waals surface area contributed by atoms with Gasteiger partial charge in [0.15, 0.2) is 0 Å². The monoisotopic (exact) mass is 226 g/mol. The second kappa shape index (κ2) is 5.62. The molecule has 0 fully saturated rings. The number of rotatable bonds is 6. The minimum absolute atomic E-state index is 0.150. The molecule has 0 amide bonds. The van der Waals surface area contributed by atoms with Crippen molar-refractivity contribution in [2.45, 2.75) is 32.7 Å². The SMILES string of the molecule is CC(O)N(CCCS(N)(=O)=O)C(C)O. The van der Waals surface area contributed by atoms with E-state index in [1.165, 1.54) is 18.7 Å². The fourth-order valence-corrected chi connectivity index (χ4v) is 1.67. The van der Waals surface area contributed by atoms with Crippen LogP contribution in [-0.4, -0.2) is 48.3 Å². The van der Waals surface area contributed by atoms with E-state index in [0.717, 1.165) is 0 Å². The predicted molar refractivity (Wildman–Crippen MR) is 52.7 cm³/mol. The smallest absolute Gasteiger partial charge is 0.209 e. The van der Waals surface area contributed by atoms with Gasteiger partial charge in [0, 0.05) is 6.54 Å². The van der Waals surface area contributed by atoms with Crippen LogP contribution < -0.4 is 5.14 Å². The maximum Gasteiger partial charge on any atom is 0.209 e. The van der Waals surface area contributed by atoms with Crippen LogP contribution in [0, 0.1) is 0 Å². The van der Waals surface area contributed by atoms with Crippen molar-refractivity contribution in [3.63, 3.8) is 0 Å². The van der Waals surface area contributed by atoms with Gasteiger partial charge in [-0.3, -0.25) is 4.90 Å². The average Bonchev–Trinajstić information content (AvgIpc) is 1.94. The fraction of sp³-hybridized carbons (Fsp3) is 1.00. The minimum Gasteiger partial charge on any atom is -0.379 e. The molecule has 0 aliphatic rings. The Hall–Kier alpha value is -0.210. The van der Waals surface area contributed by atoms with Crippen LogP contribution in [0.2, 0.25) is 0 Å². The van der Waals surface area contributed by atoms with Crippen LogP contribution in [0.1, 0.15) is 20.3 Å². The summed E-state index contributed by atoms with van der Waals surface area (Å²) in [6.07, 6.45) is -1.33. The average molecular weight is 226 g/mol. The Balaban J connectivity index is 3.96. The highest BCUT2D eigenvalue weighted by molar-refractivity contribution is 7.89. The third kappa shape index (κ3) is 6.28. The number of nitrogens with zero attached hydrogens (tertiary/aromatic N) is 1. The lowest BCUT2D eigenvalue weighted by molar-refractivity contribution is -0.0835. The molecular formula is C7H18N2O4S. The van der Waals surface area contributed by atoms with E-state index in [0.29, 0.717) is 0 Å². The number of sulfonamides is 1. The topological polar surface area (TPSA) is 104 Å². The molecule has 0 radical (unpaired) electrons. The molecule has 0 heterocycles. The van der Waals surface area contributed by atoms with Crippen molar-refractivity contribution in [1.29, 1.82) is 0 Å². The maximum atomic E-state index is 10.6. The van der Waals surface area contributed by atoms with Gasteiger partial charge >= 0.3 is 0 Å². The number of aliphatic hydroxyl groups excluding tert-OH is 2. The molecule has 0 aromatic rings. The molecule has 0 aliphatic heterocycles. The summed E-state index contributed by atoms with van der Waals surface area (Å²) in [6, 6.07) is 0. The van der Waals surface area contributed by atoms with Crippen LogP contribution in [0.3, 0.4) is 0 Å². The van der Waals surface area contributed by atoms with E-state index in [-0.39, 0.29) is 18.7 Å². The third-order valence-corrected chi connectivity index (χ3v) is 2.66. The van der Waals surface area contributed by atoms with Gasteiger partial charge in [0.25, 0.3) is 0 Å². The Morgan fingerprint density at radius 2 is 1.71 bits per heavy atom. The van der Waals surface area contributed by atoms with Crippen molar-refractivity contribution in [3.8, 4) is 0 Å². The highest BCUT2D eigenvalue weighted by Crippen LogP contribution is 2.02. The largest absolute Gasteiger partial charge is 0.379 e. The first-order valence-corrected chi connectivity index (χ1v) is 6.08. The van der Waals surface area contributed by atoms with Crippen molar-refractivity contribution < 1.29 is 18.6 Å². The molecule has 86 valence electrons. The zero-order valence-corrected chi connectivity index (χ0v) is 9.24. The van der Waals surface area contributed by atoms with E-state index in [2.05, 4.69) is 0 Å². The molecule has 0 spiro atoms. The molecule has 14 heavy (non-hydrogen) atoms. The molecule has 0 rings (SSSR count). The molecule has 6 nitrogen and oxygen atoms in total. The van der Waals surface area contributed by atoms with Gasteiger partial charge in [0.05, 0.1) is 5.75 Å². The number of nitrogens with two attached hydrogens (primary N) is 1. The van der Waals surface area contributed by atoms with Gasteiger partial charge in [-0.05, 0) is 20.3 Å². The van der Waals surface area contributed by atoms with Crippen molar-refractivity contribution in [1.82, 2.24) is 4.90 Å². The molecule has 0 aromatic heterocycles. The molecule has 0 aliphatic carbocycles. The summed E-state index contributed by atoms with van der Waals surface area (Å²) in [7, 11) is -3.46. The highest BCUT2D eigenvalue weighted by Gasteiger charge is 2.16. The molecule has 4 N–H and O–H groups in total. The summed E-state index contributed by atoms with van der Waals surface area (Å²) in [5.74, 6) is -0.150. The summed E-state index contributed by atoms with van der Waals surface area (Å²) in [6.45, 7) is 3.29. The zero-order valence-electron chi connectivity index (χ0n) is 8.42. The number of hydrogen-bond donors (Lipinski definition) is 3. The van der Waals surface area contributed by atoms with Crippen LogP contribution in [0.15, 0.2) is 0 Å². The van der Waals surface area contributed by atoms with E-state index in [1.54, 1.807) is 0 Å². The summed E-state index contributed by atoms with van der Waals surface area (Å²) < 4.78 is 21.2. The first kappa shape index (κ1) is 13.8. The lowest BCUT2D eigenvalue weighted by atomic mass is 10.3. The van der Waals surface area contributed by atoms with E-state index < -0.39 is 22.5 Å². The summed E-state index contributed by atoms with van der Waals surface area (Å²) in [5.41, 5.74) is 0. The second-order valence-corrected chi connectivity index (χ2v) is 4.96. The lowest BCUT2D eigenvalue weighted by Crippen LogP contribution is -2.41. The molecule has 2 unspecified atom stereocenters. The quantitative estimate of drug-likeness (QED) is 0.485. The fourth-order valence-electron chi connectivity index (χ4n) is 1.13. The summed E-state index contributed by atoms with van der Waals surface area (Å²) >= 11 is 0. The Bertz CT molecular complexity index is 242. The molecule has 7 heteroatoms. The molecule has 0 saturated carbocycles. The van der Waals surface area contributed by atoms with E-state index >= 15 is 0 Å². The highest BCUT2D eigenvalue weighted by atomic mass is 32.2. The van der Waals surface area contributed by atoms with Gasteiger partial charge in [-0.15, -0.1) is 0 Å². The van der Waals surface area contributed by atoms with E-state index in [4.69, 9.17) is 5.14 Å². The van der Waals surface area contributed by atoms with Gasteiger partial charge in [0.2, 0.25) is 10.0 Å². The zero-order chi connectivity index (χ0) is 11.4. The van der Waals surface area contributed by atoms with Crippen molar-refractivity contribution in [3.05, 3.63) is 0 Å². The van der Waals surface area contributed by atoms with E-state index in [1.807, 2.05) is 0 Å². The predicted octanol–water partition coefficient (Wildman–Crippen LogP) is -1.36. The Morgan fingerprint density at radius 3 is 2.00 bits per heavy atom. The molecule has 0 aromatic carbocycles. The molecular weight excluding hydrogens is 208 g/mol. The van der Waals surface area contributed by atoms with Gasteiger partial charge < -0.3 is 10.2 Å². The van der Waals surface area contributed by atoms with Gasteiger partial charge in [-0.1, -0.05) is 0 Å². The van der Waals surface area contributed by atoms with Crippen LogP contribution in [-0.2, 0) is 10.0 Å². The standard InChI is InChI=1S/C7H18N2O4S/c1-6(10)9(7(2)11)4-3-5-14(8,12)13/h6-7,10-11H,3-5H2,1-2H3,(H2,8,12,13). The molecule has 2 atom stereocenters. The summed E-state index contributed by atoms with van der Waals surface area (Å²) in [4.78, 5) is 1.37. The van der Waals surface area contributed by atoms with Crippen molar-refractivity contribution >= 4 is 10.0 Å². The second-order valence-electron chi connectivity index (χ2n) is 3.22. The van der Waals surface area contributed by atoms with Crippen LogP contribution in [0.4, 0.5) is 0 Å². The van der Waals surface area contributed by atoms with Gasteiger partial charge in [-0.2, -0.15) is 0 Å². The minimum atomic E-state index is -3.46. The Labute approximate surface area is 84.4 Å². The number of aliphatic hydroxyl groups is 2. The summed E-state index contributed by atoms with van der Waals surface area (Å²) in [5, 5.41) is 23.2. The maximum absolute atomic E-state index is 10.6. The normalized spacial score (nSPS) is 17.0. The van der Waals surface area contributed by atoms with Crippen LogP contribution in [0.25, 0.3) is 0 Å². The Kier molecular flexibility index (Phi) is 5.53. The van der Waals surface area contributed by atoms with Crippen molar-refractivity contribution in [2.24, 2.45) is 5.14 Å². The van der Waals surface area contributed by atoms with Crippen LogP contribution in [0.5, 0.6) is 0 Å². The van der Waals surface area contributed by atoms with Crippen LogP contribution >= 0.6 is 0 Å². The molecule has 0 bridgehead atoms. The van der Waals surface area contributed by atoms with Gasteiger partial charge in [0.1, 0.15) is 12.5 Å². The van der Waals surface area contributed by atoms with Crippen molar-refractivity contribution in [2.75, 3.05) is 12.3 Å². The first-order chi connectivity index (χ1) is 6.24. The number of hydrogen-bond acceptors (Lipinski definition) is 5. The number of primary sulfonamides is 1. The van der Waals surface area contributed by atoms with Gasteiger partial charge in [-0.25, -0.2) is 13.6 Å². The molecule has 0 saturated heterocycles. The third-order valence-electron chi connectivity index (χ3n) is 1.81. The first-order valence-electron chi connectivity index (χ1n) is 4.36. The lowest BCUT2D eigenvalue weighted by Gasteiger charge is -2.27. The Morgan fingerprint density at radius 1 is 1.29 bits per heavy atom. The van der Waals surface area contributed by atoms with E-state index in [9.17, 15) is 18.6 Å².